The standard InChI is InChI=1S/C13H10F2N2O3/c14-13(15)20-9-4-1-3-8(7-9)16-12(19)10-5-2-6-11(18)17-10/h1-7,13H,(H,16,19)(H,17,18). The molecular weight excluding hydrogens is 270 g/mol. The van der Waals surface area contributed by atoms with Crippen LogP contribution < -0.4 is 15.6 Å². The second-order valence-corrected chi connectivity index (χ2v) is 3.79. The van der Waals surface area contributed by atoms with Crippen LogP contribution in [0.3, 0.4) is 0 Å². The lowest BCUT2D eigenvalue weighted by Gasteiger charge is -2.08. The lowest BCUT2D eigenvalue weighted by atomic mass is 10.2. The molecule has 0 saturated heterocycles. The number of carbonyl (C=O) groups is 1. The Morgan fingerprint density at radius 2 is 1.95 bits per heavy atom. The van der Waals surface area contributed by atoms with Crippen molar-refractivity contribution < 1.29 is 18.3 Å². The molecule has 1 heterocycles. The molecule has 0 saturated carbocycles. The van der Waals surface area contributed by atoms with E-state index in [0.29, 0.717) is 0 Å². The van der Waals surface area contributed by atoms with Gasteiger partial charge < -0.3 is 15.0 Å². The molecule has 5 nitrogen and oxygen atoms in total. The lowest BCUT2D eigenvalue weighted by molar-refractivity contribution is -0.0497. The van der Waals surface area contributed by atoms with Crippen LogP contribution in [0.15, 0.2) is 47.3 Å². The van der Waals surface area contributed by atoms with Crippen molar-refractivity contribution >= 4 is 11.6 Å². The highest BCUT2D eigenvalue weighted by molar-refractivity contribution is 6.02. The summed E-state index contributed by atoms with van der Waals surface area (Å²) < 4.78 is 28.4. The average molecular weight is 280 g/mol. The summed E-state index contributed by atoms with van der Waals surface area (Å²) in [5.74, 6) is -0.628. The summed E-state index contributed by atoms with van der Waals surface area (Å²) in [4.78, 5) is 25.3. The predicted molar refractivity (Wildman–Crippen MR) is 68.1 cm³/mol. The third kappa shape index (κ3) is 3.64. The van der Waals surface area contributed by atoms with E-state index in [1.54, 1.807) is 0 Å². The van der Waals surface area contributed by atoms with E-state index < -0.39 is 18.1 Å². The Morgan fingerprint density at radius 3 is 2.65 bits per heavy atom. The van der Waals surface area contributed by atoms with Gasteiger partial charge in [-0.05, 0) is 18.2 Å². The molecule has 2 aromatic rings. The number of H-pyrrole nitrogens is 1. The Labute approximate surface area is 112 Å². The topological polar surface area (TPSA) is 71.2 Å². The maximum Gasteiger partial charge on any atom is 0.387 e. The van der Waals surface area contributed by atoms with Gasteiger partial charge in [0, 0.05) is 17.8 Å². The largest absolute Gasteiger partial charge is 0.435 e. The fourth-order valence-corrected chi connectivity index (χ4v) is 1.53. The molecule has 0 bridgehead atoms. The first-order valence-electron chi connectivity index (χ1n) is 5.60. The second kappa shape index (κ2) is 5.96. The summed E-state index contributed by atoms with van der Waals surface area (Å²) in [5, 5.41) is 2.47. The van der Waals surface area contributed by atoms with Crippen LogP contribution in [0.2, 0.25) is 0 Å². The maximum atomic E-state index is 12.1. The summed E-state index contributed by atoms with van der Waals surface area (Å²) in [6, 6.07) is 9.70. The van der Waals surface area contributed by atoms with Crippen LogP contribution in [0.4, 0.5) is 14.5 Å². The molecule has 0 aliphatic heterocycles. The quantitative estimate of drug-likeness (QED) is 0.902. The number of ether oxygens (including phenoxy) is 1. The zero-order valence-electron chi connectivity index (χ0n) is 10.1. The number of benzene rings is 1. The van der Waals surface area contributed by atoms with Crippen LogP contribution in [0, 0.1) is 0 Å². The SMILES string of the molecule is O=C(Nc1cccc(OC(F)F)c1)c1cccc(=O)[nH]1. The van der Waals surface area contributed by atoms with Gasteiger partial charge in [0.1, 0.15) is 11.4 Å². The van der Waals surface area contributed by atoms with E-state index in [1.807, 2.05) is 0 Å². The molecule has 1 aromatic heterocycles. The molecular formula is C13H10F2N2O3. The van der Waals surface area contributed by atoms with E-state index in [1.165, 1.54) is 42.5 Å². The Balaban J connectivity index is 2.13. The van der Waals surface area contributed by atoms with E-state index >= 15 is 0 Å². The first-order valence-corrected chi connectivity index (χ1v) is 5.60. The minimum Gasteiger partial charge on any atom is -0.435 e. The van der Waals surface area contributed by atoms with Crippen LogP contribution in [0.25, 0.3) is 0 Å². The minimum absolute atomic E-state index is 0.0673. The molecule has 0 unspecified atom stereocenters. The molecule has 1 aromatic carbocycles. The fourth-order valence-electron chi connectivity index (χ4n) is 1.53. The van der Waals surface area contributed by atoms with Gasteiger partial charge in [-0.2, -0.15) is 8.78 Å². The number of hydrogen-bond donors (Lipinski definition) is 2. The molecule has 0 radical (unpaired) electrons. The van der Waals surface area contributed by atoms with Gasteiger partial charge in [0.05, 0.1) is 0 Å². The van der Waals surface area contributed by atoms with Gasteiger partial charge in [-0.15, -0.1) is 0 Å². The Kier molecular flexibility index (Phi) is 4.09. The zero-order chi connectivity index (χ0) is 14.5. The number of alkyl halides is 2. The molecule has 20 heavy (non-hydrogen) atoms. The van der Waals surface area contributed by atoms with Gasteiger partial charge >= 0.3 is 6.61 Å². The molecule has 0 spiro atoms. The molecule has 2 rings (SSSR count). The van der Waals surface area contributed by atoms with Crippen molar-refractivity contribution in [2.45, 2.75) is 6.61 Å². The van der Waals surface area contributed by atoms with Crippen LogP contribution in [0.5, 0.6) is 5.75 Å². The summed E-state index contributed by atoms with van der Waals surface area (Å²) in [6.07, 6.45) is 0. The molecule has 0 aliphatic carbocycles. The van der Waals surface area contributed by atoms with Crippen molar-refractivity contribution in [2.24, 2.45) is 0 Å². The van der Waals surface area contributed by atoms with Crippen LogP contribution in [-0.2, 0) is 0 Å². The van der Waals surface area contributed by atoms with Crippen LogP contribution in [-0.4, -0.2) is 17.5 Å². The fraction of sp³-hybridized carbons (Fsp3) is 0.0769. The monoisotopic (exact) mass is 280 g/mol. The Bertz CT molecular complexity index is 670. The summed E-state index contributed by atoms with van der Waals surface area (Å²) in [5.41, 5.74) is -0.0667. The van der Waals surface area contributed by atoms with E-state index in [4.69, 9.17) is 0 Å². The second-order valence-electron chi connectivity index (χ2n) is 3.79. The molecule has 0 atom stereocenters. The Hall–Kier alpha value is -2.70. The first kappa shape index (κ1) is 13.7. The number of pyridine rings is 1. The Morgan fingerprint density at radius 1 is 1.20 bits per heavy atom. The van der Waals surface area contributed by atoms with Crippen LogP contribution in [0.1, 0.15) is 10.5 Å². The number of anilines is 1. The van der Waals surface area contributed by atoms with Crippen molar-refractivity contribution in [3.63, 3.8) is 0 Å². The van der Waals surface area contributed by atoms with Crippen molar-refractivity contribution in [3.05, 3.63) is 58.5 Å². The summed E-state index contributed by atoms with van der Waals surface area (Å²) in [7, 11) is 0. The van der Waals surface area contributed by atoms with E-state index in [2.05, 4.69) is 15.0 Å². The number of nitrogens with one attached hydrogen (secondary N) is 2. The van der Waals surface area contributed by atoms with Crippen molar-refractivity contribution in [3.8, 4) is 5.75 Å². The molecule has 0 aliphatic rings. The molecule has 2 N–H and O–H groups in total. The van der Waals surface area contributed by atoms with E-state index in [9.17, 15) is 18.4 Å². The highest BCUT2D eigenvalue weighted by Gasteiger charge is 2.09. The van der Waals surface area contributed by atoms with Gasteiger partial charge in [0.25, 0.3) is 5.91 Å². The van der Waals surface area contributed by atoms with Crippen molar-refractivity contribution in [2.75, 3.05) is 5.32 Å². The number of aromatic amines is 1. The maximum absolute atomic E-state index is 12.1. The van der Waals surface area contributed by atoms with Gasteiger partial charge in [-0.3, -0.25) is 9.59 Å². The lowest BCUT2D eigenvalue weighted by Crippen LogP contribution is -2.17. The number of aromatic nitrogens is 1. The van der Waals surface area contributed by atoms with Gasteiger partial charge in [-0.25, -0.2) is 0 Å². The predicted octanol–water partition coefficient (Wildman–Crippen LogP) is 2.23. The number of amides is 1. The number of hydrogen-bond acceptors (Lipinski definition) is 3. The number of halogens is 2. The molecule has 104 valence electrons. The minimum atomic E-state index is -2.94. The molecule has 0 fully saturated rings. The highest BCUT2D eigenvalue weighted by atomic mass is 19.3. The zero-order valence-corrected chi connectivity index (χ0v) is 10.1. The van der Waals surface area contributed by atoms with Gasteiger partial charge in [0.2, 0.25) is 5.56 Å². The first-order chi connectivity index (χ1) is 9.54. The third-order valence-electron chi connectivity index (χ3n) is 2.33. The number of carbonyl (C=O) groups excluding carboxylic acids is 1. The van der Waals surface area contributed by atoms with Gasteiger partial charge in [0.15, 0.2) is 0 Å². The van der Waals surface area contributed by atoms with Crippen LogP contribution >= 0.6 is 0 Å². The smallest absolute Gasteiger partial charge is 0.387 e. The van der Waals surface area contributed by atoms with Crippen molar-refractivity contribution in [1.29, 1.82) is 0 Å². The highest BCUT2D eigenvalue weighted by Crippen LogP contribution is 2.19. The molecule has 1 amide bonds. The number of rotatable bonds is 4. The molecule has 7 heteroatoms. The van der Waals surface area contributed by atoms with Crippen molar-refractivity contribution in [1.82, 2.24) is 4.98 Å². The van der Waals surface area contributed by atoms with E-state index in [-0.39, 0.29) is 17.1 Å². The summed E-state index contributed by atoms with van der Waals surface area (Å²) >= 11 is 0. The van der Waals surface area contributed by atoms with Gasteiger partial charge in [-0.1, -0.05) is 12.1 Å². The van der Waals surface area contributed by atoms with E-state index in [0.717, 1.165) is 0 Å². The summed E-state index contributed by atoms with van der Waals surface area (Å²) in [6.45, 7) is -2.94. The average Bonchev–Trinajstić information content (AvgIpc) is 2.38. The third-order valence-corrected chi connectivity index (χ3v) is 2.33. The normalized spacial score (nSPS) is 10.3.